The molecule has 0 radical (unpaired) electrons. The number of ether oxygens (including phenoxy) is 1. The van der Waals surface area contributed by atoms with Gasteiger partial charge in [-0.2, -0.15) is 4.98 Å². The number of nitrogens with zero attached hydrogens (tertiary/aromatic N) is 6. The molecule has 3 N–H and O–H groups in total. The molecule has 10 nitrogen and oxygen atoms in total. The van der Waals surface area contributed by atoms with Gasteiger partial charge in [-0.1, -0.05) is 0 Å². The first-order chi connectivity index (χ1) is 11.6. The van der Waals surface area contributed by atoms with Gasteiger partial charge in [-0.15, -0.1) is 0 Å². The minimum absolute atomic E-state index is 0.132. The maximum atomic E-state index is 11.9. The highest BCUT2D eigenvalue weighted by Gasteiger charge is 2.18. The molecule has 1 aromatic heterocycles. The number of azide groups is 1. The van der Waals surface area contributed by atoms with Gasteiger partial charge in [-0.25, -0.2) is 4.98 Å². The van der Waals surface area contributed by atoms with Crippen LogP contribution in [-0.2, 0) is 0 Å². The summed E-state index contributed by atoms with van der Waals surface area (Å²) >= 11 is 0. The number of piperazine rings is 1. The molecular weight excluding hydrogens is 312 g/mol. The average molecular weight is 328 g/mol. The van der Waals surface area contributed by atoms with Gasteiger partial charge in [-0.05, 0) is 22.8 Å². The summed E-state index contributed by atoms with van der Waals surface area (Å²) in [5, 5.41) is 6.94. The van der Waals surface area contributed by atoms with Crippen LogP contribution in [0, 0.1) is 0 Å². The van der Waals surface area contributed by atoms with Gasteiger partial charge < -0.3 is 20.7 Å². The summed E-state index contributed by atoms with van der Waals surface area (Å²) in [4.78, 5) is 25.3. The van der Waals surface area contributed by atoms with Gasteiger partial charge in [0.2, 0.25) is 5.95 Å². The number of hydrogen-bond acceptors (Lipinski definition) is 7. The fourth-order valence-electron chi connectivity index (χ4n) is 2.60. The lowest BCUT2D eigenvalue weighted by Crippen LogP contribution is -2.44. The molecule has 1 aliphatic rings. The van der Waals surface area contributed by atoms with E-state index in [0.717, 1.165) is 26.2 Å². The van der Waals surface area contributed by atoms with Gasteiger partial charge in [0.25, 0.3) is 5.91 Å². The molecule has 0 aliphatic carbocycles. The number of anilines is 2. The van der Waals surface area contributed by atoms with Crippen molar-refractivity contribution in [3.8, 4) is 5.75 Å². The number of nitrogen functional groups attached to an aromatic ring is 1. The minimum Gasteiger partial charge on any atom is -0.496 e. The van der Waals surface area contributed by atoms with Crippen molar-refractivity contribution < 1.29 is 9.53 Å². The summed E-state index contributed by atoms with van der Waals surface area (Å²) in [7, 11) is 1.42. The predicted molar refractivity (Wildman–Crippen MR) is 89.1 cm³/mol. The summed E-state index contributed by atoms with van der Waals surface area (Å²) in [5.41, 5.74) is 15.2. The Labute approximate surface area is 137 Å². The zero-order valence-electron chi connectivity index (χ0n) is 13.1. The molecule has 124 valence electrons. The van der Waals surface area contributed by atoms with Crippen molar-refractivity contribution in [2.75, 3.05) is 43.9 Å². The Balaban J connectivity index is 2.14. The summed E-state index contributed by atoms with van der Waals surface area (Å²) in [6, 6.07) is 3.08. The van der Waals surface area contributed by atoms with Crippen LogP contribution in [0.2, 0.25) is 0 Å². The monoisotopic (exact) mass is 328 g/mol. The Hall–Kier alpha value is -3.10. The van der Waals surface area contributed by atoms with Gasteiger partial charge in [0.15, 0.2) is 0 Å². The number of rotatable bonds is 3. The van der Waals surface area contributed by atoms with Crippen molar-refractivity contribution in [1.82, 2.24) is 15.3 Å². The Morgan fingerprint density at radius 2 is 2.17 bits per heavy atom. The molecule has 0 unspecified atom stereocenters. The molecule has 1 fully saturated rings. The van der Waals surface area contributed by atoms with Crippen LogP contribution in [-0.4, -0.2) is 49.2 Å². The van der Waals surface area contributed by atoms with Gasteiger partial charge in [0.05, 0.1) is 18.2 Å². The molecule has 24 heavy (non-hydrogen) atoms. The summed E-state index contributed by atoms with van der Waals surface area (Å²) in [6.45, 7) is 3.21. The van der Waals surface area contributed by atoms with E-state index in [1.54, 1.807) is 6.07 Å². The Kier molecular flexibility index (Phi) is 4.32. The number of nitrogens with two attached hydrogens (primary N) is 1. The molecule has 0 atom stereocenters. The normalized spacial score (nSPS) is 14.3. The van der Waals surface area contributed by atoms with E-state index in [9.17, 15) is 4.79 Å². The number of carbonyl (C=O) groups excluding carboxylic acids is 1. The highest BCUT2D eigenvalue weighted by molar-refractivity contribution is 6.03. The number of carbonyl (C=O) groups is 1. The van der Waals surface area contributed by atoms with Crippen molar-refractivity contribution in [2.24, 2.45) is 5.11 Å². The number of benzene rings is 1. The van der Waals surface area contributed by atoms with Gasteiger partial charge >= 0.3 is 0 Å². The maximum absolute atomic E-state index is 11.9. The van der Waals surface area contributed by atoms with Crippen molar-refractivity contribution >= 4 is 28.6 Å². The molecule has 1 aliphatic heterocycles. The second-order valence-electron chi connectivity index (χ2n) is 5.21. The summed E-state index contributed by atoms with van der Waals surface area (Å²) < 4.78 is 5.19. The van der Waals surface area contributed by atoms with E-state index in [2.05, 4.69) is 25.3 Å². The van der Waals surface area contributed by atoms with Crippen molar-refractivity contribution in [3.63, 3.8) is 0 Å². The third-order valence-electron chi connectivity index (χ3n) is 3.80. The second-order valence-corrected chi connectivity index (χ2v) is 5.21. The van der Waals surface area contributed by atoms with Crippen molar-refractivity contribution in [2.45, 2.75) is 0 Å². The minimum atomic E-state index is -0.739. The number of fused-ring (bicyclic) bond motifs is 1. The Morgan fingerprint density at radius 3 is 2.83 bits per heavy atom. The van der Waals surface area contributed by atoms with E-state index < -0.39 is 5.91 Å². The number of hydrogen-bond donors (Lipinski definition) is 2. The van der Waals surface area contributed by atoms with E-state index in [0.29, 0.717) is 22.7 Å². The van der Waals surface area contributed by atoms with Crippen LogP contribution in [0.5, 0.6) is 5.75 Å². The van der Waals surface area contributed by atoms with Crippen molar-refractivity contribution in [3.05, 3.63) is 28.1 Å². The second kappa shape index (κ2) is 6.57. The number of methoxy groups -OCH3 is 1. The van der Waals surface area contributed by atoms with E-state index in [-0.39, 0.29) is 11.3 Å². The lowest BCUT2D eigenvalue weighted by Gasteiger charge is -2.27. The van der Waals surface area contributed by atoms with E-state index in [4.69, 9.17) is 16.0 Å². The molecule has 1 amide bonds. The number of amides is 1. The van der Waals surface area contributed by atoms with Crippen LogP contribution in [0.25, 0.3) is 21.3 Å². The first kappa shape index (κ1) is 15.8. The van der Waals surface area contributed by atoms with Gasteiger partial charge in [0, 0.05) is 36.5 Å². The molecule has 0 bridgehead atoms. The van der Waals surface area contributed by atoms with Crippen LogP contribution in [0.1, 0.15) is 10.4 Å². The molecule has 0 spiro atoms. The largest absolute Gasteiger partial charge is 0.496 e. The van der Waals surface area contributed by atoms with Crippen LogP contribution in [0.15, 0.2) is 17.2 Å². The van der Waals surface area contributed by atoms with E-state index >= 15 is 0 Å². The van der Waals surface area contributed by atoms with Gasteiger partial charge in [0.1, 0.15) is 11.6 Å². The smallest absolute Gasteiger partial charge is 0.252 e. The summed E-state index contributed by atoms with van der Waals surface area (Å²) in [6.07, 6.45) is 0. The van der Waals surface area contributed by atoms with Crippen molar-refractivity contribution in [1.29, 1.82) is 0 Å². The maximum Gasteiger partial charge on any atom is 0.252 e. The highest BCUT2D eigenvalue weighted by atomic mass is 16.5. The first-order valence-corrected chi connectivity index (χ1v) is 7.34. The van der Waals surface area contributed by atoms with Crippen LogP contribution in [0.3, 0.4) is 0 Å². The molecule has 1 saturated heterocycles. The standard InChI is InChI=1S/C14H16N8O2/c1-24-11-7-8-10(6-9(11)13(23)20-21-16)18-14(19-12(8)15)22-4-2-17-3-5-22/h6-7,17H,2-5H2,1H3,(H2,15,18,19). The fraction of sp³-hybridized carbons (Fsp3) is 0.357. The number of aromatic nitrogens is 2. The molecule has 2 heterocycles. The third kappa shape index (κ3) is 2.87. The van der Waals surface area contributed by atoms with Gasteiger partial charge in [-0.3, -0.25) is 4.79 Å². The Morgan fingerprint density at radius 1 is 1.42 bits per heavy atom. The molecule has 0 saturated carbocycles. The zero-order chi connectivity index (χ0) is 17.1. The SMILES string of the molecule is COc1cc2c(N)nc(N3CCNCC3)nc2cc1C(=O)N=[N+]=[N-]. The van der Waals surface area contributed by atoms with E-state index in [1.165, 1.54) is 13.2 Å². The lowest BCUT2D eigenvalue weighted by molar-refractivity contribution is 0.0997. The lowest BCUT2D eigenvalue weighted by atomic mass is 10.1. The molecule has 1 aromatic carbocycles. The third-order valence-corrected chi connectivity index (χ3v) is 3.80. The quantitative estimate of drug-likeness (QED) is 0.487. The molecule has 3 rings (SSSR count). The Bertz CT molecular complexity index is 840. The molecule has 2 aromatic rings. The molecular formula is C14H16N8O2. The first-order valence-electron chi connectivity index (χ1n) is 7.34. The van der Waals surface area contributed by atoms with Crippen LogP contribution in [0.4, 0.5) is 11.8 Å². The molecule has 10 heteroatoms. The van der Waals surface area contributed by atoms with Crippen LogP contribution >= 0.6 is 0 Å². The predicted octanol–water partition coefficient (Wildman–Crippen LogP) is 1.08. The highest BCUT2D eigenvalue weighted by Crippen LogP contribution is 2.30. The summed E-state index contributed by atoms with van der Waals surface area (Å²) in [5.74, 6) is 0.325. The van der Waals surface area contributed by atoms with E-state index in [1.807, 2.05) is 4.90 Å². The number of nitrogens with one attached hydrogen (secondary N) is 1. The zero-order valence-corrected chi connectivity index (χ0v) is 13.1. The fourth-order valence-corrected chi connectivity index (χ4v) is 2.60. The topological polar surface area (TPSA) is 142 Å². The average Bonchev–Trinajstić information content (AvgIpc) is 2.61. The van der Waals surface area contributed by atoms with Crippen LogP contribution < -0.4 is 20.7 Å².